The van der Waals surface area contributed by atoms with Gasteiger partial charge in [0.25, 0.3) is 0 Å². The molecule has 3 aromatic rings. The van der Waals surface area contributed by atoms with Gasteiger partial charge in [-0.15, -0.1) is 0 Å². The number of furan rings is 1. The third-order valence-electron chi connectivity index (χ3n) is 3.84. The summed E-state index contributed by atoms with van der Waals surface area (Å²) in [4.78, 5) is 11.1. The molecule has 0 saturated heterocycles. The minimum absolute atomic E-state index is 0.281. The maximum absolute atomic E-state index is 10.1. The van der Waals surface area contributed by atoms with Crippen molar-refractivity contribution in [2.45, 2.75) is 33.4 Å². The van der Waals surface area contributed by atoms with E-state index in [1.807, 2.05) is 43.3 Å². The Bertz CT molecular complexity index is 800. The molecule has 0 atom stereocenters. The van der Waals surface area contributed by atoms with Crippen LogP contribution < -0.4 is 4.90 Å². The zero-order valence-electron chi connectivity index (χ0n) is 13.9. The molecular formula is C19H21N3O2. The number of benzene rings is 1. The number of aromatic nitrogens is 2. The van der Waals surface area contributed by atoms with Crippen LogP contribution in [0.15, 0.2) is 53.1 Å². The lowest BCUT2D eigenvalue weighted by Crippen LogP contribution is -2.23. The van der Waals surface area contributed by atoms with Crippen LogP contribution in [0.25, 0.3) is 0 Å². The normalized spacial score (nSPS) is 10.8. The molecule has 0 bridgehead atoms. The second kappa shape index (κ2) is 7.17. The number of hydrogen-bond acceptors (Lipinski definition) is 5. The molecule has 0 saturated carbocycles. The molecule has 0 amide bonds. The van der Waals surface area contributed by atoms with Crippen LogP contribution in [-0.4, -0.2) is 15.1 Å². The summed E-state index contributed by atoms with van der Waals surface area (Å²) in [5, 5.41) is 10.1. The first-order valence-electron chi connectivity index (χ1n) is 8.04. The van der Waals surface area contributed by atoms with Crippen molar-refractivity contribution < 1.29 is 9.52 Å². The van der Waals surface area contributed by atoms with E-state index in [0.29, 0.717) is 13.1 Å². The van der Waals surface area contributed by atoms with Crippen molar-refractivity contribution in [3.05, 3.63) is 71.6 Å². The van der Waals surface area contributed by atoms with Gasteiger partial charge in [-0.2, -0.15) is 0 Å². The van der Waals surface area contributed by atoms with Gasteiger partial charge in [-0.05, 0) is 31.5 Å². The third kappa shape index (κ3) is 3.74. The highest BCUT2D eigenvalue weighted by molar-refractivity contribution is 5.43. The molecular weight excluding hydrogens is 302 g/mol. The van der Waals surface area contributed by atoms with Crippen LogP contribution in [0.1, 0.15) is 29.8 Å². The van der Waals surface area contributed by atoms with Crippen molar-refractivity contribution in [2.24, 2.45) is 0 Å². The third-order valence-corrected chi connectivity index (χ3v) is 3.84. The average Bonchev–Trinajstić information content (AvgIpc) is 3.08. The molecule has 3 rings (SSSR count). The Labute approximate surface area is 141 Å². The number of aromatic hydroxyl groups is 1. The van der Waals surface area contributed by atoms with E-state index in [0.717, 1.165) is 35.1 Å². The van der Waals surface area contributed by atoms with E-state index < -0.39 is 0 Å². The first-order chi connectivity index (χ1) is 11.7. The first kappa shape index (κ1) is 16.1. The van der Waals surface area contributed by atoms with Crippen molar-refractivity contribution in [3.8, 4) is 5.75 Å². The Morgan fingerprint density at radius 3 is 2.62 bits per heavy atom. The summed E-state index contributed by atoms with van der Waals surface area (Å²) in [6.45, 7) is 5.08. The predicted octanol–water partition coefficient (Wildman–Crippen LogP) is 3.85. The maximum Gasteiger partial charge on any atom is 0.133 e. The summed E-state index contributed by atoms with van der Waals surface area (Å²) < 4.78 is 5.49. The number of aryl methyl sites for hydroxylation is 2. The SMILES string of the molecule is CCc1cc(N(Cc2ccco2)Cc2ccccc2O)nc(C)n1. The van der Waals surface area contributed by atoms with Gasteiger partial charge in [0.1, 0.15) is 23.2 Å². The molecule has 1 aromatic carbocycles. The standard InChI is InChI=1S/C19H21N3O2/c1-3-16-11-19(21-14(2)20-16)22(13-17-8-6-10-24-17)12-15-7-4-5-9-18(15)23/h4-11,23H,3,12-13H2,1-2H3. The Morgan fingerprint density at radius 2 is 1.92 bits per heavy atom. The molecule has 5 heteroatoms. The van der Waals surface area contributed by atoms with E-state index in [1.165, 1.54) is 0 Å². The Morgan fingerprint density at radius 1 is 1.08 bits per heavy atom. The van der Waals surface area contributed by atoms with Gasteiger partial charge in [0.15, 0.2) is 0 Å². The minimum atomic E-state index is 0.281. The van der Waals surface area contributed by atoms with E-state index in [-0.39, 0.29) is 5.75 Å². The van der Waals surface area contributed by atoms with Crippen LogP contribution in [-0.2, 0) is 19.5 Å². The summed E-state index contributed by atoms with van der Waals surface area (Å²) in [6, 6.07) is 13.2. The lowest BCUT2D eigenvalue weighted by Gasteiger charge is -2.24. The monoisotopic (exact) mass is 323 g/mol. The number of rotatable bonds is 6. The lowest BCUT2D eigenvalue weighted by atomic mass is 10.2. The summed E-state index contributed by atoms with van der Waals surface area (Å²) >= 11 is 0. The Kier molecular flexibility index (Phi) is 4.79. The molecule has 2 aromatic heterocycles. The van der Waals surface area contributed by atoms with Crippen LogP contribution in [0.4, 0.5) is 5.82 Å². The molecule has 124 valence electrons. The number of nitrogens with zero attached hydrogens (tertiary/aromatic N) is 3. The summed E-state index contributed by atoms with van der Waals surface area (Å²) in [5.74, 6) is 2.70. The van der Waals surface area contributed by atoms with Gasteiger partial charge in [-0.1, -0.05) is 25.1 Å². The summed E-state index contributed by atoms with van der Waals surface area (Å²) in [5.41, 5.74) is 1.84. The van der Waals surface area contributed by atoms with Crippen molar-refractivity contribution in [1.82, 2.24) is 9.97 Å². The largest absolute Gasteiger partial charge is 0.508 e. The van der Waals surface area contributed by atoms with Gasteiger partial charge in [0, 0.05) is 23.9 Å². The number of hydrogen-bond donors (Lipinski definition) is 1. The lowest BCUT2D eigenvalue weighted by molar-refractivity contribution is 0.464. The average molecular weight is 323 g/mol. The zero-order valence-corrected chi connectivity index (χ0v) is 13.9. The van der Waals surface area contributed by atoms with Crippen LogP contribution in [0.2, 0.25) is 0 Å². The molecule has 1 N–H and O–H groups in total. The highest BCUT2D eigenvalue weighted by atomic mass is 16.3. The quantitative estimate of drug-likeness (QED) is 0.746. The fraction of sp³-hybridized carbons (Fsp3) is 0.263. The molecule has 0 radical (unpaired) electrons. The second-order valence-corrected chi connectivity index (χ2v) is 5.68. The Balaban J connectivity index is 1.95. The number of phenolic OH excluding ortho intramolecular Hbond substituents is 1. The molecule has 0 aliphatic rings. The van der Waals surface area contributed by atoms with E-state index in [1.54, 1.807) is 12.3 Å². The van der Waals surface area contributed by atoms with Gasteiger partial charge in [-0.25, -0.2) is 9.97 Å². The molecule has 0 spiro atoms. The summed E-state index contributed by atoms with van der Waals surface area (Å²) in [7, 11) is 0. The molecule has 0 fully saturated rings. The topological polar surface area (TPSA) is 62.4 Å². The Hall–Kier alpha value is -2.82. The smallest absolute Gasteiger partial charge is 0.133 e. The van der Waals surface area contributed by atoms with Crippen molar-refractivity contribution >= 4 is 5.82 Å². The van der Waals surface area contributed by atoms with Gasteiger partial charge in [0.05, 0.1) is 12.8 Å². The van der Waals surface area contributed by atoms with Crippen molar-refractivity contribution in [3.63, 3.8) is 0 Å². The van der Waals surface area contributed by atoms with E-state index in [9.17, 15) is 5.11 Å². The van der Waals surface area contributed by atoms with E-state index in [2.05, 4.69) is 21.8 Å². The number of para-hydroxylation sites is 1. The first-order valence-corrected chi connectivity index (χ1v) is 8.04. The fourth-order valence-electron chi connectivity index (χ4n) is 2.61. The highest BCUT2D eigenvalue weighted by Gasteiger charge is 2.15. The molecule has 0 aliphatic carbocycles. The molecule has 24 heavy (non-hydrogen) atoms. The van der Waals surface area contributed by atoms with Crippen molar-refractivity contribution in [1.29, 1.82) is 0 Å². The van der Waals surface area contributed by atoms with Gasteiger partial charge >= 0.3 is 0 Å². The van der Waals surface area contributed by atoms with Gasteiger partial charge in [-0.3, -0.25) is 0 Å². The maximum atomic E-state index is 10.1. The molecule has 0 unspecified atom stereocenters. The molecule has 2 heterocycles. The van der Waals surface area contributed by atoms with Gasteiger partial charge < -0.3 is 14.4 Å². The van der Waals surface area contributed by atoms with Crippen LogP contribution >= 0.6 is 0 Å². The second-order valence-electron chi connectivity index (χ2n) is 5.68. The van der Waals surface area contributed by atoms with Crippen LogP contribution in [0.5, 0.6) is 5.75 Å². The molecule has 0 aliphatic heterocycles. The zero-order chi connectivity index (χ0) is 16.9. The van der Waals surface area contributed by atoms with Crippen LogP contribution in [0.3, 0.4) is 0 Å². The van der Waals surface area contributed by atoms with E-state index in [4.69, 9.17) is 4.42 Å². The predicted molar refractivity (Wildman–Crippen MR) is 92.8 cm³/mol. The van der Waals surface area contributed by atoms with Crippen molar-refractivity contribution in [2.75, 3.05) is 4.90 Å². The van der Waals surface area contributed by atoms with E-state index >= 15 is 0 Å². The fourth-order valence-corrected chi connectivity index (χ4v) is 2.61. The number of anilines is 1. The molecule has 5 nitrogen and oxygen atoms in total. The van der Waals surface area contributed by atoms with Gasteiger partial charge in [0.2, 0.25) is 0 Å². The minimum Gasteiger partial charge on any atom is -0.508 e. The number of phenols is 1. The highest BCUT2D eigenvalue weighted by Crippen LogP contribution is 2.23. The van der Waals surface area contributed by atoms with Crippen LogP contribution in [0, 0.1) is 6.92 Å². The summed E-state index contributed by atoms with van der Waals surface area (Å²) in [6.07, 6.45) is 2.51.